The summed E-state index contributed by atoms with van der Waals surface area (Å²) in [6, 6.07) is 16.4. The SMILES string of the molecule is CCCC(=O)N1c2ncnn2[C@@H](c2ccc(OC)cc2)C[C@H]1c1ccc(C)cc1. The van der Waals surface area contributed by atoms with Crippen molar-refractivity contribution in [2.75, 3.05) is 12.0 Å². The van der Waals surface area contributed by atoms with Crippen LogP contribution in [0.3, 0.4) is 0 Å². The molecule has 0 saturated heterocycles. The molecule has 0 N–H and O–H groups in total. The number of benzene rings is 2. The Morgan fingerprint density at radius 3 is 2.38 bits per heavy atom. The smallest absolute Gasteiger partial charge is 0.231 e. The van der Waals surface area contributed by atoms with Gasteiger partial charge in [-0.2, -0.15) is 10.1 Å². The molecule has 0 fully saturated rings. The fraction of sp³-hybridized carbons (Fsp3) is 0.348. The van der Waals surface area contributed by atoms with Crippen LogP contribution in [0.5, 0.6) is 5.75 Å². The molecule has 2 atom stereocenters. The zero-order valence-electron chi connectivity index (χ0n) is 17.1. The van der Waals surface area contributed by atoms with Gasteiger partial charge in [0.25, 0.3) is 0 Å². The monoisotopic (exact) mass is 390 g/mol. The fourth-order valence-electron chi connectivity index (χ4n) is 3.99. The number of carbonyl (C=O) groups excluding carboxylic acids is 1. The summed E-state index contributed by atoms with van der Waals surface area (Å²) >= 11 is 0. The van der Waals surface area contributed by atoms with Gasteiger partial charge in [-0.05, 0) is 43.0 Å². The van der Waals surface area contributed by atoms with Crippen molar-refractivity contribution in [1.82, 2.24) is 14.8 Å². The number of aromatic nitrogens is 3. The summed E-state index contributed by atoms with van der Waals surface area (Å²) in [5.41, 5.74) is 3.44. The molecule has 3 aromatic rings. The standard InChI is InChI=1S/C23H26N4O2/c1-4-5-22(28)26-20(17-8-6-16(2)7-9-17)14-21(27-23(26)24-15-25-27)18-10-12-19(29-3)13-11-18/h6-13,15,20-21H,4-5,14H2,1-3H3/t20-,21+/m0/s1. The first kappa shape index (κ1) is 19.2. The first-order chi connectivity index (χ1) is 14.1. The first-order valence-corrected chi connectivity index (χ1v) is 10.0. The second-order valence-electron chi connectivity index (χ2n) is 7.47. The van der Waals surface area contributed by atoms with Crippen LogP contribution in [0.1, 0.15) is 55.0 Å². The Bertz CT molecular complexity index is 979. The molecule has 0 aliphatic carbocycles. The number of methoxy groups -OCH3 is 1. The van der Waals surface area contributed by atoms with Gasteiger partial charge in [0, 0.05) is 6.42 Å². The van der Waals surface area contributed by atoms with E-state index >= 15 is 0 Å². The third-order valence-corrected chi connectivity index (χ3v) is 5.52. The molecule has 29 heavy (non-hydrogen) atoms. The summed E-state index contributed by atoms with van der Waals surface area (Å²) in [5.74, 6) is 1.51. The van der Waals surface area contributed by atoms with Gasteiger partial charge in [0.15, 0.2) is 0 Å². The van der Waals surface area contributed by atoms with E-state index in [1.54, 1.807) is 7.11 Å². The van der Waals surface area contributed by atoms with Crippen molar-refractivity contribution in [1.29, 1.82) is 0 Å². The average Bonchev–Trinajstić information content (AvgIpc) is 3.23. The van der Waals surface area contributed by atoms with Gasteiger partial charge in [-0.1, -0.05) is 48.9 Å². The number of nitrogens with zero attached hydrogens (tertiary/aromatic N) is 4. The highest BCUT2D eigenvalue weighted by Crippen LogP contribution is 2.42. The Labute approximate surface area is 171 Å². The fourth-order valence-corrected chi connectivity index (χ4v) is 3.99. The van der Waals surface area contributed by atoms with Gasteiger partial charge < -0.3 is 4.74 Å². The molecule has 0 radical (unpaired) electrons. The molecule has 1 aromatic heterocycles. The second kappa shape index (κ2) is 8.07. The van der Waals surface area contributed by atoms with Crippen LogP contribution < -0.4 is 9.64 Å². The van der Waals surface area contributed by atoms with E-state index in [-0.39, 0.29) is 18.0 Å². The van der Waals surface area contributed by atoms with E-state index in [1.165, 1.54) is 11.9 Å². The summed E-state index contributed by atoms with van der Waals surface area (Å²) < 4.78 is 7.18. The minimum absolute atomic E-state index is 0.00427. The molecule has 6 nitrogen and oxygen atoms in total. The minimum atomic E-state index is -0.0848. The topological polar surface area (TPSA) is 60.2 Å². The zero-order valence-corrected chi connectivity index (χ0v) is 17.1. The Kier molecular flexibility index (Phi) is 5.34. The van der Waals surface area contributed by atoms with E-state index in [9.17, 15) is 4.79 Å². The summed E-state index contributed by atoms with van der Waals surface area (Å²) in [5, 5.41) is 4.47. The molecule has 2 heterocycles. The number of ether oxygens (including phenoxy) is 1. The van der Waals surface area contributed by atoms with Crippen molar-refractivity contribution < 1.29 is 9.53 Å². The molecule has 1 aliphatic heterocycles. The largest absolute Gasteiger partial charge is 0.497 e. The molecule has 0 saturated carbocycles. The minimum Gasteiger partial charge on any atom is -0.497 e. The van der Waals surface area contributed by atoms with Gasteiger partial charge in [-0.25, -0.2) is 4.68 Å². The number of anilines is 1. The number of carbonyl (C=O) groups is 1. The van der Waals surface area contributed by atoms with Gasteiger partial charge in [0.05, 0.1) is 19.2 Å². The van der Waals surface area contributed by atoms with E-state index in [2.05, 4.69) is 53.4 Å². The normalized spacial score (nSPS) is 18.4. The molecule has 0 spiro atoms. The number of fused-ring (bicyclic) bond motifs is 1. The third kappa shape index (κ3) is 3.62. The molecular weight excluding hydrogens is 364 g/mol. The molecule has 2 aromatic carbocycles. The molecule has 4 rings (SSSR count). The maximum absolute atomic E-state index is 13.1. The van der Waals surface area contributed by atoms with Crippen LogP contribution >= 0.6 is 0 Å². The number of hydrogen-bond acceptors (Lipinski definition) is 4. The van der Waals surface area contributed by atoms with E-state index in [1.807, 2.05) is 28.6 Å². The van der Waals surface area contributed by atoms with Crippen LogP contribution in [0.2, 0.25) is 0 Å². The van der Waals surface area contributed by atoms with Gasteiger partial charge in [-0.15, -0.1) is 0 Å². The number of amides is 1. The summed E-state index contributed by atoms with van der Waals surface area (Å²) in [7, 11) is 1.66. The highest BCUT2D eigenvalue weighted by molar-refractivity contribution is 5.92. The van der Waals surface area contributed by atoms with Crippen LogP contribution in [0.4, 0.5) is 5.95 Å². The molecule has 150 valence electrons. The first-order valence-electron chi connectivity index (χ1n) is 10.0. The van der Waals surface area contributed by atoms with Gasteiger partial charge >= 0.3 is 0 Å². The zero-order chi connectivity index (χ0) is 20.4. The summed E-state index contributed by atoms with van der Waals surface area (Å²) in [4.78, 5) is 19.4. The van der Waals surface area contributed by atoms with Crippen LogP contribution in [0.25, 0.3) is 0 Å². The predicted molar refractivity (Wildman–Crippen MR) is 112 cm³/mol. The third-order valence-electron chi connectivity index (χ3n) is 5.52. The van der Waals surface area contributed by atoms with Gasteiger partial charge in [0.2, 0.25) is 11.9 Å². The van der Waals surface area contributed by atoms with E-state index < -0.39 is 0 Å². The lowest BCUT2D eigenvalue weighted by Gasteiger charge is -2.39. The van der Waals surface area contributed by atoms with Crippen LogP contribution in [-0.2, 0) is 4.79 Å². The molecular formula is C23H26N4O2. The van der Waals surface area contributed by atoms with Crippen molar-refractivity contribution in [3.63, 3.8) is 0 Å². The maximum Gasteiger partial charge on any atom is 0.231 e. The Morgan fingerprint density at radius 2 is 1.72 bits per heavy atom. The summed E-state index contributed by atoms with van der Waals surface area (Å²) in [6.45, 7) is 4.09. The van der Waals surface area contributed by atoms with Crippen molar-refractivity contribution in [3.05, 3.63) is 71.5 Å². The quantitative estimate of drug-likeness (QED) is 0.645. The summed E-state index contributed by atoms with van der Waals surface area (Å²) in [6.07, 6.45) is 3.56. The lowest BCUT2D eigenvalue weighted by Crippen LogP contribution is -2.42. The number of aryl methyl sites for hydroxylation is 1. The average molecular weight is 390 g/mol. The highest BCUT2D eigenvalue weighted by atomic mass is 16.5. The lowest BCUT2D eigenvalue weighted by molar-refractivity contribution is -0.119. The number of rotatable bonds is 5. The lowest BCUT2D eigenvalue weighted by atomic mass is 9.91. The molecule has 1 aliphatic rings. The van der Waals surface area contributed by atoms with Crippen LogP contribution in [0, 0.1) is 6.92 Å². The molecule has 0 unspecified atom stereocenters. The van der Waals surface area contributed by atoms with E-state index in [4.69, 9.17) is 4.74 Å². The Morgan fingerprint density at radius 1 is 1.07 bits per heavy atom. The second-order valence-corrected chi connectivity index (χ2v) is 7.47. The number of hydrogen-bond donors (Lipinski definition) is 0. The Balaban J connectivity index is 1.79. The van der Waals surface area contributed by atoms with Gasteiger partial charge in [0.1, 0.15) is 12.1 Å². The van der Waals surface area contributed by atoms with Crippen molar-refractivity contribution >= 4 is 11.9 Å². The van der Waals surface area contributed by atoms with Crippen molar-refractivity contribution in [3.8, 4) is 5.75 Å². The van der Waals surface area contributed by atoms with Crippen molar-refractivity contribution in [2.24, 2.45) is 0 Å². The molecule has 1 amide bonds. The van der Waals surface area contributed by atoms with E-state index in [0.29, 0.717) is 12.4 Å². The van der Waals surface area contributed by atoms with Gasteiger partial charge in [-0.3, -0.25) is 9.69 Å². The van der Waals surface area contributed by atoms with Crippen LogP contribution in [0.15, 0.2) is 54.9 Å². The maximum atomic E-state index is 13.1. The highest BCUT2D eigenvalue weighted by Gasteiger charge is 2.38. The van der Waals surface area contributed by atoms with Crippen molar-refractivity contribution in [2.45, 2.75) is 45.2 Å². The Hall–Kier alpha value is -3.15. The van der Waals surface area contributed by atoms with Crippen LogP contribution in [-0.4, -0.2) is 27.8 Å². The molecule has 0 bridgehead atoms. The molecule has 6 heteroatoms. The predicted octanol–water partition coefficient (Wildman–Crippen LogP) is 4.46. The van der Waals surface area contributed by atoms with E-state index in [0.717, 1.165) is 29.7 Å².